The molecule has 10 rings (SSSR count). The van der Waals surface area contributed by atoms with Crippen LogP contribution in [0.2, 0.25) is 0 Å². The molecule has 0 N–H and O–H groups in total. The van der Waals surface area contributed by atoms with E-state index >= 15 is 0 Å². The highest BCUT2D eigenvalue weighted by atomic mass is 32.1. The van der Waals surface area contributed by atoms with E-state index in [-0.39, 0.29) is 44.6 Å². The summed E-state index contributed by atoms with van der Waals surface area (Å²) in [4.78, 5) is 7.08. The molecule has 0 atom stereocenters. The minimum atomic E-state index is 0.00391. The van der Waals surface area contributed by atoms with Crippen molar-refractivity contribution in [3.05, 3.63) is 117 Å². The normalized spacial score (nSPS) is 21.4. The molecule has 0 bridgehead atoms. The number of anilines is 6. The van der Waals surface area contributed by atoms with Crippen molar-refractivity contribution < 1.29 is 0 Å². The second-order valence-corrected chi connectivity index (χ2v) is 26.6. The van der Waals surface area contributed by atoms with Gasteiger partial charge in [-0.25, -0.2) is 0 Å². The topological polar surface area (TPSA) is 6.48 Å². The van der Waals surface area contributed by atoms with Crippen molar-refractivity contribution in [3.8, 4) is 0 Å². The molecule has 0 saturated carbocycles. The summed E-state index contributed by atoms with van der Waals surface area (Å²) in [6.07, 6.45) is 9.24. The zero-order valence-corrected chi connectivity index (χ0v) is 42.5. The summed E-state index contributed by atoms with van der Waals surface area (Å²) in [5.74, 6) is 0. The van der Waals surface area contributed by atoms with E-state index in [4.69, 9.17) is 0 Å². The predicted octanol–water partition coefficient (Wildman–Crippen LogP) is 15.1. The molecule has 5 aromatic rings. The van der Waals surface area contributed by atoms with Crippen LogP contribution in [0.1, 0.15) is 192 Å². The first-order valence-corrected chi connectivity index (χ1v) is 25.0. The van der Waals surface area contributed by atoms with E-state index in [1.165, 1.54) is 122 Å². The van der Waals surface area contributed by atoms with Gasteiger partial charge >= 0.3 is 0 Å². The zero-order valence-electron chi connectivity index (χ0n) is 41.7. The molecule has 5 aliphatic rings. The number of thiophene rings is 1. The van der Waals surface area contributed by atoms with Crippen molar-refractivity contribution in [3.63, 3.8) is 0 Å². The Morgan fingerprint density at radius 3 is 1.76 bits per heavy atom. The summed E-state index contributed by atoms with van der Waals surface area (Å²) in [6, 6.07) is 25.1. The fourth-order valence-corrected chi connectivity index (χ4v) is 14.5. The maximum atomic E-state index is 4.50. The molecule has 0 fully saturated rings. The standard InChI is InChI=1S/C59H73BN2S/c1-18-36-33-37(53(3,4)5)19-24-43(36)62-45-32-35(2)31-44-48(45)60(52-50(62)47-51(63-52)59(16,17)30-29-58(47,14)15)42-23-22-40-46(57(12,13)28-27-55(40,8)9)49(42)61(44)38-20-21-39-41(34-38)56(10,11)26-25-54(39,6)7/h18-24,31-34H,1,25-30H2,2-17H3. The maximum absolute atomic E-state index is 4.50. The van der Waals surface area contributed by atoms with Gasteiger partial charge in [-0.05, 0) is 175 Å². The largest absolute Gasteiger partial charge is 0.311 e. The minimum absolute atomic E-state index is 0.00391. The zero-order chi connectivity index (χ0) is 45.4. The summed E-state index contributed by atoms with van der Waals surface area (Å²) < 4.78 is 1.51. The Morgan fingerprint density at radius 1 is 0.571 bits per heavy atom. The molecule has 2 nitrogen and oxygen atoms in total. The Bertz CT molecular complexity index is 2780. The molecule has 0 saturated heterocycles. The van der Waals surface area contributed by atoms with E-state index < -0.39 is 0 Å². The first-order chi connectivity index (χ1) is 29.2. The highest BCUT2D eigenvalue weighted by Gasteiger charge is 2.53. The molecule has 63 heavy (non-hydrogen) atoms. The van der Waals surface area contributed by atoms with Crippen LogP contribution >= 0.6 is 11.3 Å². The highest BCUT2D eigenvalue weighted by Crippen LogP contribution is 2.59. The number of nitrogens with zero attached hydrogens (tertiary/aromatic N) is 2. The molecular formula is C59H73BN2S. The van der Waals surface area contributed by atoms with Crippen molar-refractivity contribution in [1.29, 1.82) is 0 Å². The summed E-state index contributed by atoms with van der Waals surface area (Å²) >= 11 is 2.14. The van der Waals surface area contributed by atoms with Crippen LogP contribution in [0.5, 0.6) is 0 Å². The Balaban J connectivity index is 1.37. The van der Waals surface area contributed by atoms with Gasteiger partial charge in [0.2, 0.25) is 0 Å². The van der Waals surface area contributed by atoms with Gasteiger partial charge in [0.25, 0.3) is 6.71 Å². The van der Waals surface area contributed by atoms with Gasteiger partial charge in [0.05, 0.1) is 11.4 Å². The lowest BCUT2D eigenvalue weighted by atomic mass is 9.35. The monoisotopic (exact) mass is 853 g/mol. The van der Waals surface area contributed by atoms with Crippen molar-refractivity contribution >= 4 is 74.0 Å². The molecule has 0 unspecified atom stereocenters. The number of hydrogen-bond donors (Lipinski definition) is 0. The molecule has 2 aliphatic heterocycles. The van der Waals surface area contributed by atoms with Gasteiger partial charge in [-0.3, -0.25) is 0 Å². The summed E-state index contributed by atoms with van der Waals surface area (Å²) in [6.45, 7) is 43.9. The molecule has 328 valence electrons. The van der Waals surface area contributed by atoms with E-state index in [0.29, 0.717) is 0 Å². The molecule has 0 spiro atoms. The first-order valence-electron chi connectivity index (χ1n) is 24.2. The molecule has 3 aliphatic carbocycles. The molecule has 4 heteroatoms. The van der Waals surface area contributed by atoms with Crippen molar-refractivity contribution in [2.75, 3.05) is 9.80 Å². The molecule has 1 aromatic heterocycles. The van der Waals surface area contributed by atoms with Crippen LogP contribution in [-0.4, -0.2) is 6.71 Å². The van der Waals surface area contributed by atoms with Gasteiger partial charge in [-0.1, -0.05) is 141 Å². The van der Waals surface area contributed by atoms with Crippen LogP contribution < -0.4 is 25.5 Å². The van der Waals surface area contributed by atoms with Crippen molar-refractivity contribution in [2.24, 2.45) is 0 Å². The summed E-state index contributed by atoms with van der Waals surface area (Å²) in [7, 11) is 0. The molecule has 0 amide bonds. The molecular weight excluding hydrogens is 780 g/mol. The number of rotatable bonds is 3. The second-order valence-electron chi connectivity index (χ2n) is 25.5. The van der Waals surface area contributed by atoms with E-state index in [9.17, 15) is 0 Å². The van der Waals surface area contributed by atoms with E-state index in [1.807, 2.05) is 0 Å². The number of fused-ring (bicyclic) bond motifs is 9. The van der Waals surface area contributed by atoms with Crippen molar-refractivity contribution in [2.45, 2.75) is 187 Å². The van der Waals surface area contributed by atoms with Crippen LogP contribution in [0.25, 0.3) is 6.08 Å². The van der Waals surface area contributed by atoms with E-state index in [2.05, 4.69) is 205 Å². The predicted molar refractivity (Wildman–Crippen MR) is 278 cm³/mol. The van der Waals surface area contributed by atoms with Crippen LogP contribution in [0.15, 0.2) is 67.2 Å². The number of aryl methyl sites for hydroxylation is 1. The van der Waals surface area contributed by atoms with Crippen LogP contribution in [0, 0.1) is 6.92 Å². The third-order valence-electron chi connectivity index (χ3n) is 17.1. The van der Waals surface area contributed by atoms with Gasteiger partial charge in [0.1, 0.15) is 0 Å². The SMILES string of the molecule is C=Cc1cc(C(C)(C)C)ccc1N1c2cc(C)cc3c2B(c2ccc4c(c2N3c2ccc3c(c2)C(C)(C)CCC3(C)C)C(C)(C)CCC4(C)C)c2sc3c(c21)C(C)(C)CCC3(C)C. The van der Waals surface area contributed by atoms with E-state index in [1.54, 1.807) is 16.0 Å². The second kappa shape index (κ2) is 13.3. The maximum Gasteiger partial charge on any atom is 0.264 e. The Morgan fingerprint density at radius 2 is 1.13 bits per heavy atom. The van der Waals surface area contributed by atoms with Gasteiger partial charge in [0.15, 0.2) is 0 Å². The van der Waals surface area contributed by atoms with Crippen LogP contribution in [-0.2, 0) is 37.9 Å². The lowest BCUT2D eigenvalue weighted by Gasteiger charge is -2.50. The summed E-state index contributed by atoms with van der Waals surface area (Å²) in [5, 5.41) is 0. The highest BCUT2D eigenvalue weighted by molar-refractivity contribution is 7.29. The molecule has 3 heterocycles. The number of benzene rings is 4. The average molecular weight is 853 g/mol. The van der Waals surface area contributed by atoms with Crippen molar-refractivity contribution in [1.82, 2.24) is 0 Å². The first kappa shape index (κ1) is 42.9. The van der Waals surface area contributed by atoms with Gasteiger partial charge in [0, 0.05) is 32.4 Å². The van der Waals surface area contributed by atoms with Crippen LogP contribution in [0.4, 0.5) is 34.1 Å². The number of hydrogen-bond acceptors (Lipinski definition) is 3. The average Bonchev–Trinajstić information content (AvgIpc) is 3.62. The Hall–Kier alpha value is -4.02. The molecule has 4 aromatic carbocycles. The minimum Gasteiger partial charge on any atom is -0.311 e. The Kier molecular flexibility index (Phi) is 9.06. The van der Waals surface area contributed by atoms with Gasteiger partial charge in [-0.2, -0.15) is 11.3 Å². The fourth-order valence-electron chi connectivity index (χ4n) is 12.8. The van der Waals surface area contributed by atoms with E-state index in [0.717, 1.165) is 0 Å². The quantitative estimate of drug-likeness (QED) is 0.163. The van der Waals surface area contributed by atoms with Crippen LogP contribution in [0.3, 0.4) is 0 Å². The third kappa shape index (κ3) is 6.14. The Labute approximate surface area is 385 Å². The lowest BCUT2D eigenvalue weighted by molar-refractivity contribution is 0.331. The lowest BCUT2D eigenvalue weighted by Crippen LogP contribution is -2.61. The summed E-state index contributed by atoms with van der Waals surface area (Å²) in [5.41, 5.74) is 22.9. The molecule has 0 radical (unpaired) electrons. The fraction of sp³-hybridized carbons (Fsp3) is 0.492. The van der Waals surface area contributed by atoms with Gasteiger partial charge in [-0.15, -0.1) is 0 Å². The van der Waals surface area contributed by atoms with Gasteiger partial charge < -0.3 is 9.80 Å². The smallest absolute Gasteiger partial charge is 0.264 e. The third-order valence-corrected chi connectivity index (χ3v) is 18.7.